The molecule has 96 valence electrons. The van der Waals surface area contributed by atoms with E-state index in [4.69, 9.17) is 5.11 Å². The van der Waals surface area contributed by atoms with Crippen LogP contribution in [0.2, 0.25) is 0 Å². The van der Waals surface area contributed by atoms with Gasteiger partial charge < -0.3 is 5.11 Å². The first kappa shape index (κ1) is 14.6. The number of rotatable bonds is 6. The molecule has 0 aromatic carbocycles. The highest BCUT2D eigenvalue weighted by Crippen LogP contribution is 2.30. The highest BCUT2D eigenvalue weighted by atomic mass is 79.9. The van der Waals surface area contributed by atoms with Gasteiger partial charge in [-0.15, -0.1) is 11.3 Å². The summed E-state index contributed by atoms with van der Waals surface area (Å²) in [7, 11) is -3.54. The van der Waals surface area contributed by atoms with Gasteiger partial charge in [-0.2, -0.15) is 0 Å². The molecule has 2 N–H and O–H groups in total. The van der Waals surface area contributed by atoms with E-state index in [1.165, 1.54) is 11.3 Å². The van der Waals surface area contributed by atoms with Crippen LogP contribution in [0.1, 0.15) is 17.7 Å². The lowest BCUT2D eigenvalue weighted by Gasteiger charge is -2.04. The minimum Gasteiger partial charge on any atom is -0.481 e. The quantitative estimate of drug-likeness (QED) is 0.774. The smallest absolute Gasteiger partial charge is 0.303 e. The second kappa shape index (κ2) is 5.94. The van der Waals surface area contributed by atoms with Gasteiger partial charge in [0, 0.05) is 22.3 Å². The van der Waals surface area contributed by atoms with Gasteiger partial charge >= 0.3 is 5.97 Å². The summed E-state index contributed by atoms with van der Waals surface area (Å²) in [6, 6.07) is 1.73. The molecule has 0 fully saturated rings. The van der Waals surface area contributed by atoms with E-state index in [1.807, 2.05) is 6.92 Å². The summed E-state index contributed by atoms with van der Waals surface area (Å²) >= 11 is 4.35. The van der Waals surface area contributed by atoms with Crippen LogP contribution in [0.5, 0.6) is 0 Å². The maximum absolute atomic E-state index is 11.8. The first-order chi connectivity index (χ1) is 7.83. The summed E-state index contributed by atoms with van der Waals surface area (Å²) < 4.78 is 26.8. The van der Waals surface area contributed by atoms with Crippen LogP contribution in [0.25, 0.3) is 0 Å². The zero-order valence-electron chi connectivity index (χ0n) is 9.07. The Hall–Kier alpha value is -0.440. The Labute approximate surface area is 112 Å². The van der Waals surface area contributed by atoms with Crippen LogP contribution in [-0.2, 0) is 14.8 Å². The van der Waals surface area contributed by atoms with Crippen molar-refractivity contribution in [3.63, 3.8) is 0 Å². The van der Waals surface area contributed by atoms with E-state index >= 15 is 0 Å². The number of halogens is 1. The number of nitrogens with one attached hydrogen (secondary N) is 1. The molecule has 1 aromatic rings. The van der Waals surface area contributed by atoms with Crippen molar-refractivity contribution in [2.45, 2.75) is 24.0 Å². The third-order valence-corrected chi connectivity index (χ3v) is 6.08. The fourth-order valence-electron chi connectivity index (χ4n) is 1.16. The number of sulfonamides is 1. The normalized spacial score (nSPS) is 11.6. The Morgan fingerprint density at radius 3 is 2.71 bits per heavy atom. The van der Waals surface area contributed by atoms with Crippen molar-refractivity contribution < 1.29 is 18.3 Å². The Morgan fingerprint density at radius 2 is 2.24 bits per heavy atom. The van der Waals surface area contributed by atoms with Gasteiger partial charge in [0.25, 0.3) is 10.0 Å². The highest BCUT2D eigenvalue weighted by Gasteiger charge is 2.19. The molecule has 0 spiro atoms. The van der Waals surface area contributed by atoms with Crippen molar-refractivity contribution in [3.8, 4) is 0 Å². The molecule has 1 rings (SSSR count). The summed E-state index contributed by atoms with van der Waals surface area (Å²) in [4.78, 5) is 11.2. The van der Waals surface area contributed by atoms with Crippen LogP contribution in [0.3, 0.4) is 0 Å². The number of thiophene rings is 1. The average molecular weight is 342 g/mol. The van der Waals surface area contributed by atoms with Crippen molar-refractivity contribution in [2.75, 3.05) is 6.54 Å². The molecule has 1 aromatic heterocycles. The molecule has 1 heterocycles. The maximum Gasteiger partial charge on any atom is 0.303 e. The Bertz CT molecular complexity index is 509. The average Bonchev–Trinajstić information content (AvgIpc) is 2.53. The van der Waals surface area contributed by atoms with Crippen LogP contribution < -0.4 is 4.72 Å². The maximum atomic E-state index is 11.8. The number of carboxylic acid groups (broad SMARTS) is 1. The molecular formula is C9H12BrNO4S2. The zero-order chi connectivity index (χ0) is 13.1. The topological polar surface area (TPSA) is 83.5 Å². The SMILES string of the molecule is Cc1cc(Br)c(S(=O)(=O)NCCCC(=O)O)s1. The van der Waals surface area contributed by atoms with E-state index in [9.17, 15) is 13.2 Å². The lowest BCUT2D eigenvalue weighted by molar-refractivity contribution is -0.137. The van der Waals surface area contributed by atoms with Crippen molar-refractivity contribution in [3.05, 3.63) is 15.4 Å². The van der Waals surface area contributed by atoms with Gasteiger partial charge in [-0.25, -0.2) is 13.1 Å². The van der Waals surface area contributed by atoms with E-state index < -0.39 is 16.0 Å². The molecule has 17 heavy (non-hydrogen) atoms. The minimum atomic E-state index is -3.54. The highest BCUT2D eigenvalue weighted by molar-refractivity contribution is 9.10. The van der Waals surface area contributed by atoms with Crippen molar-refractivity contribution >= 4 is 43.3 Å². The van der Waals surface area contributed by atoms with Gasteiger partial charge in [0.05, 0.1) is 0 Å². The molecule has 0 atom stereocenters. The third-order valence-electron chi connectivity index (χ3n) is 1.88. The Balaban J connectivity index is 2.63. The summed E-state index contributed by atoms with van der Waals surface area (Å²) in [6.45, 7) is 1.94. The van der Waals surface area contributed by atoms with E-state index in [0.717, 1.165) is 4.88 Å². The second-order valence-corrected chi connectivity index (χ2v) is 7.46. The van der Waals surface area contributed by atoms with Crippen molar-refractivity contribution in [1.29, 1.82) is 0 Å². The molecule has 0 amide bonds. The predicted molar refractivity (Wildman–Crippen MR) is 68.8 cm³/mol. The van der Waals surface area contributed by atoms with E-state index in [1.54, 1.807) is 6.07 Å². The van der Waals surface area contributed by atoms with Gasteiger partial charge in [0.15, 0.2) is 0 Å². The molecule has 5 nitrogen and oxygen atoms in total. The van der Waals surface area contributed by atoms with E-state index in [0.29, 0.717) is 4.47 Å². The molecule has 8 heteroatoms. The standard InChI is InChI=1S/C9H12BrNO4S2/c1-6-5-7(10)9(16-6)17(14,15)11-4-2-3-8(12)13/h5,11H,2-4H2,1H3,(H,12,13). The summed E-state index contributed by atoms with van der Waals surface area (Å²) in [5.74, 6) is -0.933. The third kappa shape index (κ3) is 4.38. The first-order valence-electron chi connectivity index (χ1n) is 4.80. The lowest BCUT2D eigenvalue weighted by atomic mass is 10.3. The van der Waals surface area contributed by atoms with Crippen molar-refractivity contribution in [1.82, 2.24) is 4.72 Å². The molecule has 0 unspecified atom stereocenters. The number of hydrogen-bond acceptors (Lipinski definition) is 4. The molecule has 0 aliphatic carbocycles. The van der Waals surface area contributed by atoms with Gasteiger partial charge in [0.2, 0.25) is 0 Å². The Morgan fingerprint density at radius 1 is 1.59 bits per heavy atom. The molecular weight excluding hydrogens is 330 g/mol. The van der Waals surface area contributed by atoms with Crippen LogP contribution in [-0.4, -0.2) is 26.0 Å². The summed E-state index contributed by atoms with van der Waals surface area (Å²) in [5, 5.41) is 8.42. The molecule has 0 aliphatic rings. The molecule has 0 bridgehead atoms. The van der Waals surface area contributed by atoms with E-state index in [2.05, 4.69) is 20.7 Å². The lowest BCUT2D eigenvalue weighted by Crippen LogP contribution is -2.24. The van der Waals surface area contributed by atoms with Crippen LogP contribution in [0.15, 0.2) is 14.7 Å². The minimum absolute atomic E-state index is 0.0485. The second-order valence-electron chi connectivity index (χ2n) is 3.39. The number of hydrogen-bond donors (Lipinski definition) is 2. The van der Waals surface area contributed by atoms with Gasteiger partial charge in [0.1, 0.15) is 4.21 Å². The number of carbonyl (C=O) groups is 1. The zero-order valence-corrected chi connectivity index (χ0v) is 12.3. The summed E-state index contributed by atoms with van der Waals surface area (Å²) in [5.41, 5.74) is 0. The fraction of sp³-hybridized carbons (Fsp3) is 0.444. The van der Waals surface area contributed by atoms with E-state index in [-0.39, 0.29) is 23.6 Å². The van der Waals surface area contributed by atoms with Gasteiger partial charge in [-0.3, -0.25) is 4.79 Å². The predicted octanol–water partition coefficient (Wildman–Crippen LogP) is 1.96. The summed E-state index contributed by atoms with van der Waals surface area (Å²) in [6.07, 6.45) is 0.226. The Kier molecular flexibility index (Phi) is 5.11. The van der Waals surface area contributed by atoms with Crippen LogP contribution >= 0.6 is 27.3 Å². The molecule has 0 aliphatic heterocycles. The fourth-order valence-corrected chi connectivity index (χ4v) is 5.03. The molecule has 0 saturated heterocycles. The van der Waals surface area contributed by atoms with Crippen LogP contribution in [0, 0.1) is 6.92 Å². The van der Waals surface area contributed by atoms with Gasteiger partial charge in [-0.05, 0) is 35.3 Å². The van der Waals surface area contributed by atoms with Gasteiger partial charge in [-0.1, -0.05) is 0 Å². The number of carboxylic acids is 1. The van der Waals surface area contributed by atoms with Crippen molar-refractivity contribution in [2.24, 2.45) is 0 Å². The van der Waals surface area contributed by atoms with Crippen LogP contribution in [0.4, 0.5) is 0 Å². The largest absolute Gasteiger partial charge is 0.481 e. The monoisotopic (exact) mass is 341 g/mol. The first-order valence-corrected chi connectivity index (χ1v) is 7.89. The number of aryl methyl sites for hydroxylation is 1. The molecule has 0 saturated carbocycles. The number of aliphatic carboxylic acids is 1. The molecule has 0 radical (unpaired) electrons.